The number of nitrogens with one attached hydrogen (secondary N) is 1. The van der Waals surface area contributed by atoms with Gasteiger partial charge in [0.05, 0.1) is 16.5 Å². The number of nitro groups is 1. The zero-order valence-electron chi connectivity index (χ0n) is 13.8. The molecule has 0 radical (unpaired) electrons. The molecule has 1 N–H and O–H groups in total. The number of rotatable bonds is 6. The maximum atomic E-state index is 13.1. The highest BCUT2D eigenvalue weighted by molar-refractivity contribution is 5.90. The number of anilines is 1. The average molecular weight is 377 g/mol. The van der Waals surface area contributed by atoms with Crippen molar-refractivity contribution in [2.75, 3.05) is 5.32 Å². The smallest absolute Gasteiger partial charge is 0.407 e. The van der Waals surface area contributed by atoms with Crippen LogP contribution in [0.5, 0.6) is 0 Å². The van der Waals surface area contributed by atoms with Crippen LogP contribution in [0.3, 0.4) is 0 Å². The summed E-state index contributed by atoms with van der Waals surface area (Å²) in [5, 5.41) is 13.1. The second-order valence-electron chi connectivity index (χ2n) is 5.74. The lowest BCUT2D eigenvalue weighted by Crippen LogP contribution is -2.17. The zero-order valence-corrected chi connectivity index (χ0v) is 13.8. The van der Waals surface area contributed by atoms with Crippen molar-refractivity contribution >= 4 is 28.4 Å². The lowest BCUT2D eigenvalue weighted by Gasteiger charge is -2.06. The van der Waals surface area contributed by atoms with Crippen molar-refractivity contribution < 1.29 is 22.9 Å². The number of aromatic nitrogens is 1. The normalized spacial score (nSPS) is 10.9. The summed E-state index contributed by atoms with van der Waals surface area (Å²) in [7, 11) is 0. The van der Waals surface area contributed by atoms with Gasteiger partial charge in [-0.1, -0.05) is 0 Å². The van der Waals surface area contributed by atoms with Crippen LogP contribution in [0.2, 0.25) is 0 Å². The topological polar surface area (TPSA) is 107 Å². The van der Waals surface area contributed by atoms with E-state index in [4.69, 9.17) is 4.42 Å². The van der Waals surface area contributed by atoms with Crippen LogP contribution in [0, 0.1) is 21.7 Å². The van der Waals surface area contributed by atoms with E-state index >= 15 is 0 Å². The maximum absolute atomic E-state index is 13.1. The van der Waals surface area contributed by atoms with Crippen molar-refractivity contribution in [3.05, 3.63) is 68.7 Å². The van der Waals surface area contributed by atoms with Gasteiger partial charge >= 0.3 is 5.76 Å². The summed E-state index contributed by atoms with van der Waals surface area (Å²) < 4.78 is 32.5. The number of hydrogen-bond donors (Lipinski definition) is 1. The Morgan fingerprint density at radius 3 is 2.56 bits per heavy atom. The van der Waals surface area contributed by atoms with E-state index in [9.17, 15) is 28.5 Å². The molecule has 1 aromatic heterocycles. The first-order valence-electron chi connectivity index (χ1n) is 7.87. The van der Waals surface area contributed by atoms with Crippen molar-refractivity contribution in [1.29, 1.82) is 0 Å². The molecule has 27 heavy (non-hydrogen) atoms. The molecule has 0 aliphatic rings. The second-order valence-corrected chi connectivity index (χ2v) is 5.74. The summed E-state index contributed by atoms with van der Waals surface area (Å²) in [6.45, 7) is 0.134. The quantitative estimate of drug-likeness (QED) is 0.524. The number of nitrogens with zero attached hydrogens (tertiary/aromatic N) is 2. The van der Waals surface area contributed by atoms with Gasteiger partial charge in [0.15, 0.2) is 5.58 Å². The third-order valence-electron chi connectivity index (χ3n) is 3.79. The number of aryl methyl sites for hydroxylation is 1. The Kier molecular flexibility index (Phi) is 4.97. The average Bonchev–Trinajstić information content (AvgIpc) is 2.88. The molecule has 140 valence electrons. The zero-order chi connectivity index (χ0) is 19.6. The Labute approximate surface area is 150 Å². The van der Waals surface area contributed by atoms with Crippen LogP contribution < -0.4 is 11.1 Å². The predicted octanol–water partition coefficient (Wildman–Crippen LogP) is 3.20. The molecule has 1 amide bonds. The summed E-state index contributed by atoms with van der Waals surface area (Å²) in [6, 6.07) is 6.46. The van der Waals surface area contributed by atoms with Gasteiger partial charge in [-0.15, -0.1) is 0 Å². The third kappa shape index (κ3) is 4.17. The standard InChI is InChI=1S/C17H13F2N3O5/c18-10-6-11(19)8-12(7-10)20-16(23)2-1-5-21-14-4-3-13(22(25)26)9-15(14)27-17(21)24/h3-4,6-9H,1-2,5H2,(H,20,23). The molecule has 0 spiro atoms. The first kappa shape index (κ1) is 18.2. The maximum Gasteiger partial charge on any atom is 0.419 e. The van der Waals surface area contributed by atoms with E-state index in [0.29, 0.717) is 11.6 Å². The van der Waals surface area contributed by atoms with Gasteiger partial charge in [-0.2, -0.15) is 0 Å². The lowest BCUT2D eigenvalue weighted by atomic mass is 10.2. The predicted molar refractivity (Wildman–Crippen MR) is 91.4 cm³/mol. The van der Waals surface area contributed by atoms with Gasteiger partial charge in [0.2, 0.25) is 5.91 Å². The number of nitro benzene ring substituents is 1. The molecule has 10 heteroatoms. The van der Waals surface area contributed by atoms with Gasteiger partial charge in [0.1, 0.15) is 11.6 Å². The molecule has 0 saturated carbocycles. The van der Waals surface area contributed by atoms with E-state index < -0.39 is 28.2 Å². The largest absolute Gasteiger partial charge is 0.419 e. The van der Waals surface area contributed by atoms with E-state index in [1.54, 1.807) is 0 Å². The van der Waals surface area contributed by atoms with Gasteiger partial charge in [-0.3, -0.25) is 19.5 Å². The fraction of sp³-hybridized carbons (Fsp3) is 0.176. The van der Waals surface area contributed by atoms with E-state index in [0.717, 1.165) is 18.2 Å². The molecule has 0 atom stereocenters. The minimum Gasteiger partial charge on any atom is -0.407 e. The van der Waals surface area contributed by atoms with Gasteiger partial charge in [0.25, 0.3) is 5.69 Å². The fourth-order valence-corrected chi connectivity index (χ4v) is 2.63. The molecule has 0 bridgehead atoms. The van der Waals surface area contributed by atoms with E-state index in [1.807, 2.05) is 0 Å². The number of oxazole rings is 1. The fourth-order valence-electron chi connectivity index (χ4n) is 2.63. The SMILES string of the molecule is O=C(CCCn1c(=O)oc2cc([N+](=O)[O-])ccc21)Nc1cc(F)cc(F)c1. The molecule has 2 aromatic carbocycles. The number of hydrogen-bond acceptors (Lipinski definition) is 5. The van der Waals surface area contributed by atoms with Crippen LogP contribution in [-0.2, 0) is 11.3 Å². The molecule has 3 aromatic rings. The molecule has 0 aliphatic carbocycles. The monoisotopic (exact) mass is 377 g/mol. The number of fused-ring (bicyclic) bond motifs is 1. The highest BCUT2D eigenvalue weighted by Gasteiger charge is 2.14. The van der Waals surface area contributed by atoms with Crippen molar-refractivity contribution in [3.8, 4) is 0 Å². The minimum atomic E-state index is -0.809. The number of carbonyl (C=O) groups excluding carboxylic acids is 1. The summed E-state index contributed by atoms with van der Waals surface area (Å²) in [6.07, 6.45) is 0.236. The third-order valence-corrected chi connectivity index (χ3v) is 3.79. The van der Waals surface area contributed by atoms with Crippen molar-refractivity contribution in [3.63, 3.8) is 0 Å². The summed E-state index contributed by atoms with van der Waals surface area (Å²) in [5.41, 5.74) is 0.243. The molecule has 0 unspecified atom stereocenters. The van der Waals surface area contributed by atoms with Gasteiger partial charge in [-0.25, -0.2) is 13.6 Å². The minimum absolute atomic E-state index is 0.00395. The Bertz CT molecular complexity index is 1070. The lowest BCUT2D eigenvalue weighted by molar-refractivity contribution is -0.384. The Morgan fingerprint density at radius 1 is 1.19 bits per heavy atom. The first-order chi connectivity index (χ1) is 12.8. The van der Waals surface area contributed by atoms with E-state index in [2.05, 4.69) is 5.32 Å². The molecular formula is C17H13F2N3O5. The Hall–Kier alpha value is -3.56. The highest BCUT2D eigenvalue weighted by Crippen LogP contribution is 2.20. The van der Waals surface area contributed by atoms with Crippen LogP contribution in [0.15, 0.2) is 45.6 Å². The number of amides is 1. The number of carbonyl (C=O) groups is 1. The van der Waals surface area contributed by atoms with E-state index in [1.165, 1.54) is 16.7 Å². The van der Waals surface area contributed by atoms with Crippen LogP contribution >= 0.6 is 0 Å². The van der Waals surface area contributed by atoms with Crippen LogP contribution in [0.4, 0.5) is 20.2 Å². The van der Waals surface area contributed by atoms with Crippen molar-refractivity contribution in [2.24, 2.45) is 0 Å². The Balaban J connectivity index is 1.64. The van der Waals surface area contributed by atoms with Crippen molar-refractivity contribution in [1.82, 2.24) is 4.57 Å². The number of benzene rings is 2. The summed E-state index contributed by atoms with van der Waals surface area (Å²) >= 11 is 0. The molecule has 8 nitrogen and oxygen atoms in total. The van der Waals surface area contributed by atoms with Gasteiger partial charge < -0.3 is 9.73 Å². The highest BCUT2D eigenvalue weighted by atomic mass is 19.1. The van der Waals surface area contributed by atoms with Gasteiger partial charge in [-0.05, 0) is 24.6 Å². The molecule has 0 aliphatic heterocycles. The van der Waals surface area contributed by atoms with E-state index in [-0.39, 0.29) is 36.3 Å². The summed E-state index contributed by atoms with van der Waals surface area (Å²) in [4.78, 5) is 34.0. The molecule has 0 saturated heterocycles. The second kappa shape index (κ2) is 7.36. The van der Waals surface area contributed by atoms with Crippen LogP contribution in [-0.4, -0.2) is 15.4 Å². The number of halogens is 2. The first-order valence-corrected chi connectivity index (χ1v) is 7.87. The van der Waals surface area contributed by atoms with Gasteiger partial charge in [0, 0.05) is 30.8 Å². The summed E-state index contributed by atoms with van der Waals surface area (Å²) in [5.74, 6) is -2.79. The molecular weight excluding hydrogens is 364 g/mol. The number of non-ortho nitro benzene ring substituents is 1. The molecule has 1 heterocycles. The molecule has 3 rings (SSSR count). The van der Waals surface area contributed by atoms with Crippen molar-refractivity contribution in [2.45, 2.75) is 19.4 Å². The van der Waals surface area contributed by atoms with Crippen LogP contribution in [0.25, 0.3) is 11.1 Å². The van der Waals surface area contributed by atoms with Crippen LogP contribution in [0.1, 0.15) is 12.8 Å². The molecule has 0 fully saturated rings. The Morgan fingerprint density at radius 2 is 1.89 bits per heavy atom.